The van der Waals surface area contributed by atoms with E-state index in [0.717, 1.165) is 12.1 Å². The van der Waals surface area contributed by atoms with Crippen molar-refractivity contribution in [3.63, 3.8) is 0 Å². The first-order chi connectivity index (χ1) is 25.2. The fraction of sp³-hybridized carbons (Fsp3) is 0.410. The molecule has 2 saturated carbocycles. The SMILES string of the molecule is C=C[C@@H]1C[C@]1(NC(=O)[C@H]1Cc2cc(Oc3cccc(Cl)c3)ccc2CN1C(=O)[C@@H](Nc1cccc(C(F)(F)F)c1)C(C)(C)C)C(=O)NS(=O)(=O)C1(C)CC1. The molecule has 0 aromatic heterocycles. The topological polar surface area (TPSA) is 134 Å². The summed E-state index contributed by atoms with van der Waals surface area (Å²) >= 11 is 6.14. The molecule has 288 valence electrons. The van der Waals surface area contributed by atoms with Gasteiger partial charge in [-0.25, -0.2) is 8.42 Å². The normalized spacial score (nSPS) is 22.3. The quantitative estimate of drug-likeness (QED) is 0.179. The third kappa shape index (κ3) is 7.95. The average molecular weight is 787 g/mol. The van der Waals surface area contributed by atoms with Crippen molar-refractivity contribution in [3.05, 3.63) is 101 Å². The lowest BCUT2D eigenvalue weighted by Crippen LogP contribution is -2.61. The molecule has 1 aliphatic heterocycles. The van der Waals surface area contributed by atoms with Gasteiger partial charge in [0.15, 0.2) is 0 Å². The van der Waals surface area contributed by atoms with E-state index in [4.69, 9.17) is 16.3 Å². The van der Waals surface area contributed by atoms with Gasteiger partial charge in [-0.1, -0.05) is 56.6 Å². The van der Waals surface area contributed by atoms with Gasteiger partial charge in [0.1, 0.15) is 29.1 Å². The minimum absolute atomic E-state index is 0.0209. The number of carbonyl (C=O) groups excluding carboxylic acids is 3. The molecule has 10 nitrogen and oxygen atoms in total. The van der Waals surface area contributed by atoms with E-state index in [1.54, 1.807) is 63.2 Å². The predicted octanol–water partition coefficient (Wildman–Crippen LogP) is 6.99. The molecule has 0 saturated heterocycles. The zero-order valence-electron chi connectivity index (χ0n) is 30.2. The van der Waals surface area contributed by atoms with Crippen LogP contribution >= 0.6 is 11.6 Å². The molecule has 15 heteroatoms. The van der Waals surface area contributed by atoms with Gasteiger partial charge in [0.05, 0.1) is 10.3 Å². The Morgan fingerprint density at radius 1 is 1.00 bits per heavy atom. The number of anilines is 1. The Morgan fingerprint density at radius 2 is 1.69 bits per heavy atom. The Bertz CT molecular complexity index is 2120. The van der Waals surface area contributed by atoms with Gasteiger partial charge in [0.25, 0.3) is 5.91 Å². The van der Waals surface area contributed by atoms with E-state index >= 15 is 0 Å². The number of carbonyl (C=O) groups is 3. The smallest absolute Gasteiger partial charge is 0.416 e. The lowest BCUT2D eigenvalue weighted by Gasteiger charge is -2.41. The van der Waals surface area contributed by atoms with Crippen LogP contribution in [0.2, 0.25) is 5.02 Å². The fourth-order valence-corrected chi connectivity index (χ4v) is 8.13. The van der Waals surface area contributed by atoms with Crippen molar-refractivity contribution in [1.29, 1.82) is 0 Å². The molecule has 3 aromatic carbocycles. The van der Waals surface area contributed by atoms with Gasteiger partial charge in [-0.3, -0.25) is 19.1 Å². The largest absolute Gasteiger partial charge is 0.457 e. The number of fused-ring (bicyclic) bond motifs is 1. The van der Waals surface area contributed by atoms with Gasteiger partial charge in [-0.15, -0.1) is 6.58 Å². The van der Waals surface area contributed by atoms with E-state index in [-0.39, 0.29) is 25.1 Å². The van der Waals surface area contributed by atoms with Crippen LogP contribution < -0.4 is 20.1 Å². The van der Waals surface area contributed by atoms with Crippen LogP contribution in [-0.2, 0) is 43.5 Å². The molecule has 0 radical (unpaired) electrons. The van der Waals surface area contributed by atoms with Gasteiger partial charge >= 0.3 is 6.18 Å². The third-order valence-corrected chi connectivity index (χ3v) is 12.8. The van der Waals surface area contributed by atoms with E-state index < -0.39 is 73.2 Å². The van der Waals surface area contributed by atoms with Crippen molar-refractivity contribution >= 4 is 45.0 Å². The van der Waals surface area contributed by atoms with Crippen molar-refractivity contribution in [2.24, 2.45) is 11.3 Å². The first kappa shape index (κ1) is 39.1. The Hall–Kier alpha value is -4.56. The molecule has 54 heavy (non-hydrogen) atoms. The molecule has 3 aliphatic rings. The maximum Gasteiger partial charge on any atom is 0.416 e. The van der Waals surface area contributed by atoms with Crippen LogP contribution in [0, 0.1) is 11.3 Å². The Balaban J connectivity index is 1.34. The van der Waals surface area contributed by atoms with Gasteiger partial charge in [-0.05, 0) is 91.3 Å². The van der Waals surface area contributed by atoms with E-state index in [9.17, 15) is 36.0 Å². The van der Waals surface area contributed by atoms with E-state index in [1.807, 2.05) is 0 Å². The number of alkyl halides is 3. The fourth-order valence-electron chi connectivity index (χ4n) is 6.64. The second kappa shape index (κ2) is 13.9. The number of hydrogen-bond donors (Lipinski definition) is 3. The summed E-state index contributed by atoms with van der Waals surface area (Å²) in [5, 5.41) is 6.25. The number of rotatable bonds is 11. The summed E-state index contributed by atoms with van der Waals surface area (Å²) in [5.41, 5.74) is -1.94. The molecule has 4 atom stereocenters. The summed E-state index contributed by atoms with van der Waals surface area (Å²) in [6.45, 7) is 10.5. The van der Waals surface area contributed by atoms with E-state index in [2.05, 4.69) is 21.9 Å². The lowest BCUT2D eigenvalue weighted by atomic mass is 9.84. The van der Waals surface area contributed by atoms with Gasteiger partial charge < -0.3 is 20.3 Å². The highest BCUT2D eigenvalue weighted by Crippen LogP contribution is 2.47. The van der Waals surface area contributed by atoms with Gasteiger partial charge in [0.2, 0.25) is 21.8 Å². The molecule has 6 rings (SSSR count). The van der Waals surface area contributed by atoms with Crippen molar-refractivity contribution in [2.75, 3.05) is 5.32 Å². The van der Waals surface area contributed by atoms with E-state index in [1.165, 1.54) is 30.0 Å². The highest BCUT2D eigenvalue weighted by atomic mass is 35.5. The summed E-state index contributed by atoms with van der Waals surface area (Å²) in [6.07, 6.45) is -2.28. The average Bonchev–Trinajstić information content (AvgIpc) is 4.02. The summed E-state index contributed by atoms with van der Waals surface area (Å²) in [4.78, 5) is 44.1. The number of ether oxygens (including phenoxy) is 1. The number of hydrogen-bond acceptors (Lipinski definition) is 7. The van der Waals surface area contributed by atoms with Crippen molar-refractivity contribution < 1.29 is 40.7 Å². The standard InChI is InChI=1S/C39H42ClF3N4O6S/c1-6-25-21-38(25,35(50)46-54(51,52)37(5)15-16-37)45-33(48)31-18-24-17-30(53-29-12-8-10-27(40)20-29)14-13-23(24)22-47(31)34(49)32(36(2,3)4)44-28-11-7-9-26(19-28)39(41,42)43/h6-14,17,19-20,25,31-32,44H,1,15-16,18,21-22H2,2-5H3,(H,45,48)(H,46,50)/t25-,31-,32-,38-/m1/s1. The van der Waals surface area contributed by atoms with Crippen LogP contribution in [-0.4, -0.2) is 53.4 Å². The number of benzene rings is 3. The Labute approximate surface area is 317 Å². The summed E-state index contributed by atoms with van der Waals surface area (Å²) in [7, 11) is -4.04. The Kier molecular flexibility index (Phi) is 10.1. The molecule has 0 unspecified atom stereocenters. The predicted molar refractivity (Wildman–Crippen MR) is 198 cm³/mol. The molecule has 0 bridgehead atoms. The van der Waals surface area contributed by atoms with Crippen LogP contribution in [0.3, 0.4) is 0 Å². The number of nitrogens with one attached hydrogen (secondary N) is 3. The molecule has 2 aliphatic carbocycles. The highest BCUT2D eigenvalue weighted by molar-refractivity contribution is 7.91. The second-order valence-corrected chi connectivity index (χ2v) is 18.2. The molecule has 3 aromatic rings. The van der Waals surface area contributed by atoms with Crippen molar-refractivity contribution in [2.45, 2.75) is 88.5 Å². The van der Waals surface area contributed by atoms with Crippen LogP contribution in [0.1, 0.15) is 63.6 Å². The highest BCUT2D eigenvalue weighted by Gasteiger charge is 2.62. The summed E-state index contributed by atoms with van der Waals surface area (Å²) < 4.78 is 74.0. The zero-order chi connectivity index (χ0) is 39.4. The zero-order valence-corrected chi connectivity index (χ0v) is 31.8. The maximum atomic E-state index is 14.7. The Morgan fingerprint density at radius 3 is 2.30 bits per heavy atom. The number of sulfonamides is 1. The molecule has 0 spiro atoms. The molecular weight excluding hydrogens is 745 g/mol. The van der Waals surface area contributed by atoms with Crippen molar-refractivity contribution in [3.8, 4) is 11.5 Å². The molecule has 2 fully saturated rings. The summed E-state index contributed by atoms with van der Waals surface area (Å²) in [6, 6.07) is 14.2. The van der Waals surface area contributed by atoms with Crippen LogP contribution in [0.15, 0.2) is 79.4 Å². The van der Waals surface area contributed by atoms with Crippen molar-refractivity contribution in [1.82, 2.24) is 14.9 Å². The molecule has 3 amide bonds. The maximum absolute atomic E-state index is 14.7. The van der Waals surface area contributed by atoms with Crippen LogP contribution in [0.4, 0.5) is 18.9 Å². The molecular formula is C39H42ClF3N4O6S. The molecule has 1 heterocycles. The second-order valence-electron chi connectivity index (χ2n) is 15.6. The third-order valence-electron chi connectivity index (χ3n) is 10.4. The number of halogens is 4. The number of amides is 3. The van der Waals surface area contributed by atoms with Crippen LogP contribution in [0.5, 0.6) is 11.5 Å². The monoisotopic (exact) mass is 786 g/mol. The summed E-state index contributed by atoms with van der Waals surface area (Å²) in [5.74, 6) is -1.83. The molecule has 3 N–H and O–H groups in total. The number of nitrogens with zero attached hydrogens (tertiary/aromatic N) is 1. The van der Waals surface area contributed by atoms with Gasteiger partial charge in [0, 0.05) is 29.6 Å². The van der Waals surface area contributed by atoms with Gasteiger partial charge in [-0.2, -0.15) is 13.2 Å². The lowest BCUT2D eigenvalue weighted by molar-refractivity contribution is -0.145. The minimum atomic E-state index is -4.61. The minimum Gasteiger partial charge on any atom is -0.457 e. The van der Waals surface area contributed by atoms with E-state index in [0.29, 0.717) is 40.5 Å². The first-order valence-electron chi connectivity index (χ1n) is 17.5. The van der Waals surface area contributed by atoms with Crippen LogP contribution in [0.25, 0.3) is 0 Å². The first-order valence-corrected chi connectivity index (χ1v) is 19.3.